The molecule has 33 nitrogen and oxygen atoms in total. The van der Waals surface area contributed by atoms with Gasteiger partial charge in [0.25, 0.3) is 0 Å². The van der Waals surface area contributed by atoms with Crippen molar-refractivity contribution >= 4 is 95.6 Å². The number of thiol groups is 1. The molecule has 12 atom stereocenters. The third kappa shape index (κ3) is 28.9. The van der Waals surface area contributed by atoms with Crippen LogP contribution < -0.4 is 81.8 Å². The molecule has 1 aromatic carbocycles. The third-order valence-corrected chi connectivity index (χ3v) is 12.9. The zero-order valence-corrected chi connectivity index (χ0v) is 50.1. The normalized spacial score (nSPS) is 15.2. The summed E-state index contributed by atoms with van der Waals surface area (Å²) in [6, 6.07) is -6.68. The van der Waals surface area contributed by atoms with E-state index in [1.807, 2.05) is 0 Å². The van der Waals surface area contributed by atoms with Gasteiger partial charge in [-0.25, -0.2) is 4.79 Å². The number of carbonyl (C=O) groups excluding carboxylic acids is 10. The van der Waals surface area contributed by atoms with Gasteiger partial charge in [0.2, 0.25) is 59.1 Å². The Morgan fingerprint density at radius 3 is 1.48 bits per heavy atom. The van der Waals surface area contributed by atoms with Crippen molar-refractivity contribution in [1.82, 2.24) is 53.2 Å². The number of aliphatic hydroxyl groups is 2. The van der Waals surface area contributed by atoms with Gasteiger partial charge >= 0.3 is 11.9 Å². The van der Waals surface area contributed by atoms with Gasteiger partial charge < -0.3 is 102 Å². The molecule has 0 spiro atoms. The number of nitrogens with one attached hydrogen (secondary N) is 10. The number of guanidine groups is 2. The molecular weight excluding hydrogens is 1150 g/mol. The number of carbonyl (C=O) groups is 12. The lowest BCUT2D eigenvalue weighted by Crippen LogP contribution is -2.61. The van der Waals surface area contributed by atoms with Gasteiger partial charge in [-0.3, -0.25) is 62.7 Å². The number of benzene rings is 1. The van der Waals surface area contributed by atoms with Crippen LogP contribution in [0.1, 0.15) is 92.6 Å². The molecule has 24 N–H and O–H groups in total. The first kappa shape index (κ1) is 75.6. The molecule has 0 aliphatic rings. The number of rotatable bonds is 39. The summed E-state index contributed by atoms with van der Waals surface area (Å²) in [5.74, 6) is -14.7. The molecule has 0 fully saturated rings. The molecule has 34 heteroatoms. The van der Waals surface area contributed by atoms with Gasteiger partial charge in [-0.15, -0.1) is 0 Å². The Bertz CT molecular complexity index is 2530. The molecule has 1 aromatic rings. The van der Waals surface area contributed by atoms with Gasteiger partial charge in [-0.05, 0) is 70.3 Å². The summed E-state index contributed by atoms with van der Waals surface area (Å²) in [4.78, 5) is 167. The number of nitrogens with two attached hydrogens (primary N) is 5. The van der Waals surface area contributed by atoms with Crippen molar-refractivity contribution in [3.8, 4) is 0 Å². The number of aliphatic hydroxyl groups excluding tert-OH is 2. The topological polar surface area (TPSA) is 561 Å². The van der Waals surface area contributed by atoms with Crippen LogP contribution in [0, 0.1) is 11.8 Å². The fraction of sp³-hybridized carbons (Fsp3) is 0.615. The van der Waals surface area contributed by atoms with E-state index in [0.717, 1.165) is 0 Å². The van der Waals surface area contributed by atoms with Gasteiger partial charge in [0.05, 0.1) is 25.2 Å². The van der Waals surface area contributed by atoms with Gasteiger partial charge in [-0.1, -0.05) is 58.0 Å². The van der Waals surface area contributed by atoms with Crippen molar-refractivity contribution in [2.45, 2.75) is 166 Å². The summed E-state index contributed by atoms with van der Waals surface area (Å²) >= 11 is 4.11. The van der Waals surface area contributed by atoms with E-state index in [4.69, 9.17) is 28.7 Å². The molecule has 1 rings (SSSR count). The molecule has 482 valence electrons. The van der Waals surface area contributed by atoms with Crippen LogP contribution >= 0.6 is 12.6 Å². The number of amides is 10. The fourth-order valence-electron chi connectivity index (χ4n) is 7.82. The highest BCUT2D eigenvalue weighted by Crippen LogP contribution is 2.11. The second-order valence-electron chi connectivity index (χ2n) is 20.9. The highest BCUT2D eigenvalue weighted by molar-refractivity contribution is 7.80. The molecule has 0 heterocycles. The number of hydrogen-bond donors (Lipinski definition) is 20. The van der Waals surface area contributed by atoms with Crippen LogP contribution in [0.25, 0.3) is 0 Å². The van der Waals surface area contributed by atoms with E-state index in [2.05, 4.69) is 75.8 Å². The number of aliphatic imine (C=N–C) groups is 2. The first-order chi connectivity index (χ1) is 40.2. The predicted molar refractivity (Wildman–Crippen MR) is 315 cm³/mol. The summed E-state index contributed by atoms with van der Waals surface area (Å²) in [7, 11) is 0. The SMILES string of the molecule is CC(C)C[C@H](NC(=O)CNC(=O)[C@H](CCCN=C(N)N)NC(=O)[C@H](C)NC(=O)[C@H](CC(=O)O)NC(=O)[C@@H](NC(=O)[C@H](CCCN=C(N)N)NC(=O)[C@H](CS)NC(=O)[C@@H](N)[C@@H](C)O)C(C)C)C(=O)N[C@H](C(=O)N[C@@H](Cc1ccccc1)C(=O)O)[C@@H](C)O. The van der Waals surface area contributed by atoms with E-state index in [-0.39, 0.29) is 75.2 Å². The lowest BCUT2D eigenvalue weighted by molar-refractivity contribution is -0.143. The summed E-state index contributed by atoms with van der Waals surface area (Å²) < 4.78 is 0. The molecule has 0 radical (unpaired) electrons. The number of hydrogen-bond acceptors (Lipinski definition) is 18. The van der Waals surface area contributed by atoms with Crippen LogP contribution in [0.2, 0.25) is 0 Å². The Morgan fingerprint density at radius 2 is 0.988 bits per heavy atom. The van der Waals surface area contributed by atoms with Gasteiger partial charge in [0.15, 0.2) is 11.9 Å². The number of carboxylic acids is 2. The van der Waals surface area contributed by atoms with Crippen molar-refractivity contribution in [2.75, 3.05) is 25.4 Å². The average molecular weight is 1240 g/mol. The van der Waals surface area contributed by atoms with E-state index < -0.39 is 163 Å². The maximum absolute atomic E-state index is 13.9. The average Bonchev–Trinajstić information content (AvgIpc) is 3.46. The molecular formula is C52H87N17O16S. The Balaban J connectivity index is 3.29. The van der Waals surface area contributed by atoms with Crippen LogP contribution in [0.15, 0.2) is 40.3 Å². The fourth-order valence-corrected chi connectivity index (χ4v) is 8.08. The largest absolute Gasteiger partial charge is 0.481 e. The highest BCUT2D eigenvalue weighted by Gasteiger charge is 2.36. The van der Waals surface area contributed by atoms with Gasteiger partial charge in [-0.2, -0.15) is 12.6 Å². The van der Waals surface area contributed by atoms with Crippen molar-refractivity contribution in [3.05, 3.63) is 35.9 Å². The maximum Gasteiger partial charge on any atom is 0.326 e. The monoisotopic (exact) mass is 1240 g/mol. The van der Waals surface area contributed by atoms with E-state index in [0.29, 0.717) is 5.56 Å². The van der Waals surface area contributed by atoms with Crippen LogP contribution in [-0.4, -0.2) is 201 Å². The minimum absolute atomic E-state index is 0.000311. The van der Waals surface area contributed by atoms with Gasteiger partial charge in [0.1, 0.15) is 60.4 Å². The number of carboxylic acid groups (broad SMARTS) is 2. The molecule has 86 heavy (non-hydrogen) atoms. The van der Waals surface area contributed by atoms with Crippen molar-refractivity contribution in [2.24, 2.45) is 50.5 Å². The van der Waals surface area contributed by atoms with E-state index in [1.54, 1.807) is 44.2 Å². The van der Waals surface area contributed by atoms with Crippen LogP contribution in [0.4, 0.5) is 0 Å². The Hall–Kier alpha value is -8.37. The van der Waals surface area contributed by atoms with Crippen LogP contribution in [-0.2, 0) is 64.0 Å². The standard InChI is InChI=1S/C52H87N17O16S/c1-24(2)19-32(45(79)69-40(28(7)71)49(83)66-34(50(84)85)20-29-13-9-8-10-14-29)62-36(72)22-60-42(76)30(15-11-17-58-51(54)55)63-41(75)26(5)61-44(78)33(21-37(73)74)65-48(82)39(25(3)4)68-43(77)31(16-12-18-59-52(56)57)64-46(80)35(23-86)67-47(81)38(53)27(6)70/h8-10,13-14,24-28,30-35,38-40,70-71,86H,11-12,15-23,53H2,1-7H3,(H,60,76)(H,61,78)(H,62,72)(H,63,75)(H,64,80)(H,65,82)(H,66,83)(H,67,81)(H,68,77)(H,69,79)(H,73,74)(H,84,85)(H4,54,55,58)(H4,56,57,59)/t26-,27+,28+,30-,31-,32-,33-,34-,35-,38-,39-,40-/m0/s1. The van der Waals surface area contributed by atoms with E-state index in [1.165, 1.54) is 34.6 Å². The van der Waals surface area contributed by atoms with Crippen molar-refractivity contribution in [1.29, 1.82) is 0 Å². The van der Waals surface area contributed by atoms with Crippen molar-refractivity contribution < 1.29 is 78.0 Å². The van der Waals surface area contributed by atoms with Crippen LogP contribution in [0.3, 0.4) is 0 Å². The zero-order valence-electron chi connectivity index (χ0n) is 49.2. The Kier molecular flexibility index (Phi) is 33.9. The molecule has 0 aliphatic heterocycles. The molecule has 0 unspecified atom stereocenters. The van der Waals surface area contributed by atoms with Gasteiger partial charge in [0, 0.05) is 25.3 Å². The predicted octanol–water partition coefficient (Wildman–Crippen LogP) is -6.88. The lowest BCUT2D eigenvalue weighted by atomic mass is 10.0. The van der Waals surface area contributed by atoms with E-state index >= 15 is 0 Å². The first-order valence-corrected chi connectivity index (χ1v) is 28.1. The second-order valence-corrected chi connectivity index (χ2v) is 21.3. The minimum atomic E-state index is -1.89. The van der Waals surface area contributed by atoms with E-state index in [9.17, 15) is 78.0 Å². The minimum Gasteiger partial charge on any atom is -0.481 e. The summed E-state index contributed by atoms with van der Waals surface area (Å²) in [6.07, 6.45) is -4.13. The Morgan fingerprint density at radius 1 is 0.523 bits per heavy atom. The number of aliphatic carboxylic acids is 2. The summed E-state index contributed by atoms with van der Waals surface area (Å²) in [6.45, 7) is 9.24. The zero-order chi connectivity index (χ0) is 65.5. The van der Waals surface area contributed by atoms with Crippen molar-refractivity contribution in [3.63, 3.8) is 0 Å². The smallest absolute Gasteiger partial charge is 0.326 e. The molecule has 0 aromatic heterocycles. The summed E-state index contributed by atoms with van der Waals surface area (Å²) in [5, 5.41) is 63.7. The molecule has 0 aliphatic carbocycles. The first-order valence-electron chi connectivity index (χ1n) is 27.5. The highest BCUT2D eigenvalue weighted by atomic mass is 32.1. The lowest BCUT2D eigenvalue weighted by Gasteiger charge is -2.28. The quantitative estimate of drug-likeness (QED) is 0.0126. The third-order valence-electron chi connectivity index (χ3n) is 12.5. The van der Waals surface area contributed by atoms with Crippen LogP contribution in [0.5, 0.6) is 0 Å². The molecule has 10 amide bonds. The number of nitrogens with zero attached hydrogens (tertiary/aromatic N) is 2. The molecule has 0 bridgehead atoms. The summed E-state index contributed by atoms with van der Waals surface area (Å²) in [5.41, 5.74) is 28.0. The molecule has 0 saturated carbocycles. The molecule has 0 saturated heterocycles. The second kappa shape index (κ2) is 38.6. The maximum atomic E-state index is 13.9. The Labute approximate surface area is 502 Å².